The lowest BCUT2D eigenvalue weighted by molar-refractivity contribution is 0.0840. The molecule has 0 aromatic heterocycles. The summed E-state index contributed by atoms with van der Waals surface area (Å²) in [6, 6.07) is 7.43. The molecule has 3 atom stereocenters. The largest absolute Gasteiger partial charge is 0.294 e. The van der Waals surface area contributed by atoms with Gasteiger partial charge >= 0.3 is 0 Å². The van der Waals surface area contributed by atoms with Gasteiger partial charge in [0.25, 0.3) is 0 Å². The molecule has 3 rings (SSSR count). The maximum atomic E-state index is 12.5. The molecule has 1 aliphatic carbocycles. The van der Waals surface area contributed by atoms with Gasteiger partial charge in [0, 0.05) is 22.1 Å². The smallest absolute Gasteiger partial charge is 0.167 e. The second kappa shape index (κ2) is 4.37. The van der Waals surface area contributed by atoms with E-state index in [9.17, 15) is 9.00 Å². The van der Waals surface area contributed by atoms with Gasteiger partial charge in [-0.05, 0) is 24.8 Å². The maximum absolute atomic E-state index is 12.5. The van der Waals surface area contributed by atoms with Crippen molar-refractivity contribution in [2.24, 2.45) is 11.8 Å². The fourth-order valence-corrected chi connectivity index (χ4v) is 4.72. The van der Waals surface area contributed by atoms with E-state index in [0.717, 1.165) is 24.2 Å². The van der Waals surface area contributed by atoms with Gasteiger partial charge < -0.3 is 0 Å². The number of fused-ring (bicyclic) bond motifs is 2. The van der Waals surface area contributed by atoms with Gasteiger partial charge in [0.2, 0.25) is 0 Å². The van der Waals surface area contributed by atoms with Gasteiger partial charge in [-0.1, -0.05) is 31.0 Å². The van der Waals surface area contributed by atoms with Gasteiger partial charge in [-0.3, -0.25) is 9.00 Å². The van der Waals surface area contributed by atoms with Crippen LogP contribution in [-0.2, 0) is 10.8 Å². The van der Waals surface area contributed by atoms with E-state index >= 15 is 0 Å². The van der Waals surface area contributed by atoms with Gasteiger partial charge in [0.15, 0.2) is 5.78 Å². The molecule has 17 heavy (non-hydrogen) atoms. The molecule has 1 aromatic rings. The van der Waals surface area contributed by atoms with Crippen LogP contribution in [0.2, 0.25) is 0 Å². The van der Waals surface area contributed by atoms with Gasteiger partial charge in [0.1, 0.15) is 0 Å². The second-order valence-electron chi connectivity index (χ2n) is 5.02. The molecule has 1 saturated carbocycles. The highest BCUT2D eigenvalue weighted by Gasteiger charge is 2.36. The Balaban J connectivity index is 2.08. The zero-order valence-electron chi connectivity index (χ0n) is 9.72. The number of benzene rings is 1. The highest BCUT2D eigenvalue weighted by Crippen LogP contribution is 2.37. The molecule has 1 aromatic carbocycles. The van der Waals surface area contributed by atoms with Gasteiger partial charge in [-0.2, -0.15) is 0 Å². The topological polar surface area (TPSA) is 34.1 Å². The third-order valence-corrected chi connectivity index (χ3v) is 5.59. The minimum absolute atomic E-state index is 0.122. The van der Waals surface area contributed by atoms with E-state index in [4.69, 9.17) is 0 Å². The normalized spacial score (nSPS) is 32.5. The van der Waals surface area contributed by atoms with Crippen molar-refractivity contribution < 1.29 is 9.00 Å². The molecular formula is C14H16O2S. The molecule has 90 valence electrons. The zero-order chi connectivity index (χ0) is 11.8. The van der Waals surface area contributed by atoms with Crippen molar-refractivity contribution in [2.45, 2.75) is 30.6 Å². The molecule has 0 amide bonds. The number of rotatable bonds is 0. The van der Waals surface area contributed by atoms with Crippen LogP contribution in [-0.4, -0.2) is 15.7 Å². The Bertz CT molecular complexity index is 481. The zero-order valence-corrected chi connectivity index (χ0v) is 10.5. The van der Waals surface area contributed by atoms with Crippen LogP contribution in [0.4, 0.5) is 0 Å². The summed E-state index contributed by atoms with van der Waals surface area (Å²) in [4.78, 5) is 13.2. The van der Waals surface area contributed by atoms with Crippen molar-refractivity contribution in [2.75, 3.05) is 5.75 Å². The van der Waals surface area contributed by atoms with E-state index in [-0.39, 0.29) is 11.7 Å². The third kappa shape index (κ3) is 1.86. The fourth-order valence-electron chi connectivity index (χ4n) is 3.11. The molecule has 1 aliphatic heterocycles. The Hall–Kier alpha value is -0.960. The quantitative estimate of drug-likeness (QED) is 0.707. The predicted molar refractivity (Wildman–Crippen MR) is 67.5 cm³/mol. The molecule has 2 nitrogen and oxygen atoms in total. The molecule has 3 heteroatoms. The first-order chi connectivity index (χ1) is 8.27. The van der Waals surface area contributed by atoms with E-state index in [1.807, 2.05) is 24.3 Å². The van der Waals surface area contributed by atoms with Crippen molar-refractivity contribution in [3.8, 4) is 0 Å². The average Bonchev–Trinajstić information content (AvgIpc) is 2.48. The molecular weight excluding hydrogens is 232 g/mol. The van der Waals surface area contributed by atoms with Gasteiger partial charge in [0.05, 0.1) is 10.8 Å². The summed E-state index contributed by atoms with van der Waals surface area (Å²) < 4.78 is 12.3. The Morgan fingerprint density at radius 1 is 1.12 bits per heavy atom. The lowest BCUT2D eigenvalue weighted by Crippen LogP contribution is -2.28. The number of ketones is 1. The molecule has 0 radical (unpaired) electrons. The number of carbonyl (C=O) groups excluding carboxylic acids is 1. The SMILES string of the molecule is O=C1c2ccccc2S(=O)C[C@H]2CCCC[C@H]12. The van der Waals surface area contributed by atoms with E-state index in [1.54, 1.807) is 0 Å². The summed E-state index contributed by atoms with van der Waals surface area (Å²) in [6.45, 7) is 0. The third-order valence-electron chi connectivity index (χ3n) is 4.01. The first-order valence-corrected chi connectivity index (χ1v) is 7.61. The first-order valence-electron chi connectivity index (χ1n) is 6.29. The summed E-state index contributed by atoms with van der Waals surface area (Å²) >= 11 is 0. The molecule has 0 bridgehead atoms. The van der Waals surface area contributed by atoms with Crippen LogP contribution in [0.5, 0.6) is 0 Å². The van der Waals surface area contributed by atoms with Crippen LogP contribution in [0.1, 0.15) is 36.0 Å². The Morgan fingerprint density at radius 2 is 1.88 bits per heavy atom. The standard InChI is InChI=1S/C14H16O2S/c15-14-11-6-2-1-5-10(11)9-17(16)13-8-4-3-7-12(13)14/h3-4,7-8,10-11H,1-2,5-6,9H2/t10-,11+,17?/m1/s1. The maximum Gasteiger partial charge on any atom is 0.167 e. The number of hydrogen-bond donors (Lipinski definition) is 0. The summed E-state index contributed by atoms with van der Waals surface area (Å²) in [5, 5.41) is 0. The molecule has 0 saturated heterocycles. The van der Waals surface area contributed by atoms with Crippen molar-refractivity contribution in [3.63, 3.8) is 0 Å². The molecule has 0 spiro atoms. The number of carbonyl (C=O) groups is 1. The lowest BCUT2D eigenvalue weighted by atomic mass is 9.76. The lowest BCUT2D eigenvalue weighted by Gasteiger charge is -2.27. The van der Waals surface area contributed by atoms with Gasteiger partial charge in [-0.15, -0.1) is 0 Å². The number of hydrogen-bond acceptors (Lipinski definition) is 2. The van der Waals surface area contributed by atoms with E-state index in [0.29, 0.717) is 17.2 Å². The minimum atomic E-state index is -0.992. The monoisotopic (exact) mass is 248 g/mol. The van der Waals surface area contributed by atoms with Crippen molar-refractivity contribution in [1.82, 2.24) is 0 Å². The Labute approximate surface area is 104 Å². The summed E-state index contributed by atoms with van der Waals surface area (Å²) in [5.41, 5.74) is 0.709. The predicted octanol–water partition coefficient (Wildman–Crippen LogP) is 2.80. The van der Waals surface area contributed by atoms with Crippen LogP contribution in [0.25, 0.3) is 0 Å². The van der Waals surface area contributed by atoms with Crippen molar-refractivity contribution >= 4 is 16.6 Å². The van der Waals surface area contributed by atoms with Crippen LogP contribution in [0.15, 0.2) is 29.2 Å². The summed E-state index contributed by atoms with van der Waals surface area (Å²) in [5.74, 6) is 1.37. The van der Waals surface area contributed by atoms with Crippen LogP contribution < -0.4 is 0 Å². The van der Waals surface area contributed by atoms with Crippen LogP contribution in [0.3, 0.4) is 0 Å². The molecule has 1 fully saturated rings. The molecule has 2 aliphatic rings. The van der Waals surface area contributed by atoms with E-state index < -0.39 is 10.8 Å². The van der Waals surface area contributed by atoms with Crippen LogP contribution in [0, 0.1) is 11.8 Å². The molecule has 1 unspecified atom stereocenters. The fraction of sp³-hybridized carbons (Fsp3) is 0.500. The summed E-state index contributed by atoms with van der Waals surface area (Å²) in [7, 11) is -0.992. The van der Waals surface area contributed by atoms with Gasteiger partial charge in [-0.25, -0.2) is 0 Å². The Morgan fingerprint density at radius 3 is 2.76 bits per heavy atom. The highest BCUT2D eigenvalue weighted by atomic mass is 32.2. The van der Waals surface area contributed by atoms with Crippen molar-refractivity contribution in [1.29, 1.82) is 0 Å². The van der Waals surface area contributed by atoms with Crippen LogP contribution >= 0.6 is 0 Å². The second-order valence-corrected chi connectivity index (χ2v) is 6.49. The highest BCUT2D eigenvalue weighted by molar-refractivity contribution is 7.85. The Kier molecular flexibility index (Phi) is 2.87. The minimum Gasteiger partial charge on any atom is -0.294 e. The molecule has 0 N–H and O–H groups in total. The number of Topliss-reactive ketones (excluding diaryl/α,β-unsaturated/α-hetero) is 1. The van der Waals surface area contributed by atoms with E-state index in [2.05, 4.69) is 0 Å². The van der Waals surface area contributed by atoms with E-state index in [1.165, 1.54) is 6.42 Å². The van der Waals surface area contributed by atoms with Crippen molar-refractivity contribution in [3.05, 3.63) is 29.8 Å². The average molecular weight is 248 g/mol. The molecule has 1 heterocycles. The summed E-state index contributed by atoms with van der Waals surface area (Å²) in [6.07, 6.45) is 4.37. The first kappa shape index (κ1) is 11.1.